The summed E-state index contributed by atoms with van der Waals surface area (Å²) in [5, 5.41) is 0. The summed E-state index contributed by atoms with van der Waals surface area (Å²) in [6, 6.07) is 0. The zero-order chi connectivity index (χ0) is 13.1. The van der Waals surface area contributed by atoms with Crippen molar-refractivity contribution in [2.45, 2.75) is 79.6 Å². The van der Waals surface area contributed by atoms with Crippen LogP contribution in [-0.4, -0.2) is 0 Å². The molecule has 0 rings (SSSR count). The van der Waals surface area contributed by atoms with Crippen LogP contribution in [0.25, 0.3) is 0 Å². The fourth-order valence-electron chi connectivity index (χ4n) is 2.09. The van der Waals surface area contributed by atoms with E-state index in [4.69, 9.17) is 0 Å². The zero-order valence-electron chi connectivity index (χ0n) is 12.7. The second-order valence-corrected chi connectivity index (χ2v) is 6.38. The summed E-state index contributed by atoms with van der Waals surface area (Å²) in [7, 11) is 0. The quantitative estimate of drug-likeness (QED) is 0.343. The van der Waals surface area contributed by atoms with Gasteiger partial charge in [0.2, 0.25) is 0 Å². The lowest BCUT2D eigenvalue weighted by Gasteiger charge is -2.17. The van der Waals surface area contributed by atoms with Gasteiger partial charge < -0.3 is 0 Å². The third kappa shape index (κ3) is 13.4. The molecule has 0 aromatic heterocycles. The molecule has 0 spiro atoms. The molecule has 0 nitrogen and oxygen atoms in total. The van der Waals surface area contributed by atoms with Crippen molar-refractivity contribution in [1.29, 1.82) is 0 Å². The topological polar surface area (TPSA) is 0 Å². The lowest BCUT2D eigenvalue weighted by Crippen LogP contribution is -2.04. The Kier molecular flexibility index (Phi) is 9.21. The fourth-order valence-corrected chi connectivity index (χ4v) is 2.09. The van der Waals surface area contributed by atoms with Gasteiger partial charge in [0, 0.05) is 0 Å². The van der Waals surface area contributed by atoms with Crippen molar-refractivity contribution >= 4 is 0 Å². The maximum atomic E-state index is 2.32. The molecule has 0 heteroatoms. The van der Waals surface area contributed by atoms with Gasteiger partial charge >= 0.3 is 0 Å². The van der Waals surface area contributed by atoms with E-state index in [1.807, 2.05) is 0 Å². The fraction of sp³-hybridized carbons (Fsp3) is 0.765. The lowest BCUT2D eigenvalue weighted by atomic mass is 9.88. The molecule has 0 heterocycles. The van der Waals surface area contributed by atoms with Gasteiger partial charge in [-0.05, 0) is 31.6 Å². The van der Waals surface area contributed by atoms with Crippen molar-refractivity contribution in [2.75, 3.05) is 0 Å². The Morgan fingerprint density at radius 2 is 1.65 bits per heavy atom. The highest BCUT2D eigenvalue weighted by molar-refractivity contribution is 5.11. The molecule has 0 amide bonds. The van der Waals surface area contributed by atoms with Gasteiger partial charge in [0.1, 0.15) is 0 Å². The molecular formula is C17H32. The van der Waals surface area contributed by atoms with E-state index in [0.29, 0.717) is 5.41 Å². The Morgan fingerprint density at radius 1 is 1.00 bits per heavy atom. The van der Waals surface area contributed by atoms with Gasteiger partial charge in [-0.15, -0.1) is 0 Å². The van der Waals surface area contributed by atoms with Crippen molar-refractivity contribution in [2.24, 2.45) is 5.41 Å². The molecule has 0 saturated heterocycles. The maximum Gasteiger partial charge on any atom is -0.0271 e. The van der Waals surface area contributed by atoms with Crippen LogP contribution in [0.5, 0.6) is 0 Å². The molecule has 0 atom stereocenters. The first-order chi connectivity index (χ1) is 7.95. The van der Waals surface area contributed by atoms with Gasteiger partial charge in [-0.3, -0.25) is 0 Å². The predicted molar refractivity (Wildman–Crippen MR) is 80.3 cm³/mol. The number of unbranched alkanes of at least 4 members (excludes halogenated alkanes) is 5. The van der Waals surface area contributed by atoms with Crippen LogP contribution in [-0.2, 0) is 0 Å². The molecule has 0 fully saturated rings. The van der Waals surface area contributed by atoms with Crippen LogP contribution in [0.15, 0.2) is 23.8 Å². The summed E-state index contributed by atoms with van der Waals surface area (Å²) in [5.74, 6) is 0. The van der Waals surface area contributed by atoms with Crippen LogP contribution in [0, 0.1) is 5.41 Å². The summed E-state index contributed by atoms with van der Waals surface area (Å²) in [6.45, 7) is 11.4. The molecule has 0 aliphatic carbocycles. The van der Waals surface area contributed by atoms with Crippen LogP contribution >= 0.6 is 0 Å². The van der Waals surface area contributed by atoms with Gasteiger partial charge in [-0.25, -0.2) is 0 Å². The lowest BCUT2D eigenvalue weighted by molar-refractivity contribution is 0.410. The molecule has 17 heavy (non-hydrogen) atoms. The maximum absolute atomic E-state index is 2.32. The van der Waals surface area contributed by atoms with Crippen molar-refractivity contribution < 1.29 is 0 Å². The first kappa shape index (κ1) is 16.5. The highest BCUT2D eigenvalue weighted by Crippen LogP contribution is 2.23. The van der Waals surface area contributed by atoms with E-state index in [0.717, 1.165) is 0 Å². The summed E-state index contributed by atoms with van der Waals surface area (Å²) < 4.78 is 0. The van der Waals surface area contributed by atoms with Crippen molar-refractivity contribution in [3.8, 4) is 0 Å². The van der Waals surface area contributed by atoms with Crippen molar-refractivity contribution in [1.82, 2.24) is 0 Å². The molecule has 0 saturated carbocycles. The highest BCUT2D eigenvalue weighted by atomic mass is 14.1. The van der Waals surface area contributed by atoms with Crippen molar-refractivity contribution in [3.05, 3.63) is 23.8 Å². The minimum atomic E-state index is 0.411. The van der Waals surface area contributed by atoms with Crippen molar-refractivity contribution in [3.63, 3.8) is 0 Å². The van der Waals surface area contributed by atoms with Gasteiger partial charge in [-0.2, -0.15) is 0 Å². The monoisotopic (exact) mass is 236 g/mol. The SMILES string of the molecule is CCCCCCCC=CC=C(C)CC(C)(C)C. The number of hydrogen-bond acceptors (Lipinski definition) is 0. The van der Waals surface area contributed by atoms with E-state index in [-0.39, 0.29) is 0 Å². The summed E-state index contributed by atoms with van der Waals surface area (Å²) in [4.78, 5) is 0. The third-order valence-electron chi connectivity index (χ3n) is 2.80. The summed E-state index contributed by atoms with van der Waals surface area (Å²) >= 11 is 0. The third-order valence-corrected chi connectivity index (χ3v) is 2.80. The van der Waals surface area contributed by atoms with Crippen LogP contribution < -0.4 is 0 Å². The molecule has 0 aromatic carbocycles. The largest absolute Gasteiger partial charge is 0.0845 e. The molecule has 0 N–H and O–H groups in total. The Balaban J connectivity index is 3.61. The van der Waals surface area contributed by atoms with Gasteiger partial charge in [-0.1, -0.05) is 77.2 Å². The Labute approximate surface area is 109 Å². The van der Waals surface area contributed by atoms with E-state index >= 15 is 0 Å². The van der Waals surface area contributed by atoms with Crippen LogP contribution in [0.4, 0.5) is 0 Å². The molecule has 0 aliphatic rings. The Hall–Kier alpha value is -0.520. The van der Waals surface area contributed by atoms with Gasteiger partial charge in [0.05, 0.1) is 0 Å². The molecular weight excluding hydrogens is 204 g/mol. The highest BCUT2D eigenvalue weighted by Gasteiger charge is 2.09. The van der Waals surface area contributed by atoms with E-state index in [1.165, 1.54) is 50.5 Å². The van der Waals surface area contributed by atoms with E-state index < -0.39 is 0 Å². The van der Waals surface area contributed by atoms with Crippen LogP contribution in [0.3, 0.4) is 0 Å². The van der Waals surface area contributed by atoms with Crippen LogP contribution in [0.1, 0.15) is 79.6 Å². The zero-order valence-corrected chi connectivity index (χ0v) is 12.7. The van der Waals surface area contributed by atoms with Gasteiger partial charge in [0.25, 0.3) is 0 Å². The molecule has 0 bridgehead atoms. The van der Waals surface area contributed by atoms with Crippen LogP contribution in [0.2, 0.25) is 0 Å². The normalized spacial score (nSPS) is 13.6. The Morgan fingerprint density at radius 3 is 2.24 bits per heavy atom. The number of allylic oxidation sites excluding steroid dienone is 4. The minimum absolute atomic E-state index is 0.411. The second-order valence-electron chi connectivity index (χ2n) is 6.38. The molecule has 0 radical (unpaired) electrons. The van der Waals surface area contributed by atoms with Gasteiger partial charge in [0.15, 0.2) is 0 Å². The molecule has 0 aliphatic heterocycles. The first-order valence-electron chi connectivity index (χ1n) is 7.28. The average molecular weight is 236 g/mol. The molecule has 0 aromatic rings. The number of hydrogen-bond donors (Lipinski definition) is 0. The molecule has 100 valence electrons. The minimum Gasteiger partial charge on any atom is -0.0845 e. The predicted octanol–water partition coefficient (Wildman–Crippen LogP) is 6.29. The smallest absolute Gasteiger partial charge is 0.0271 e. The van der Waals surface area contributed by atoms with E-state index in [1.54, 1.807) is 0 Å². The Bertz CT molecular complexity index is 225. The number of rotatable bonds is 8. The second kappa shape index (κ2) is 9.50. The van der Waals surface area contributed by atoms with E-state index in [2.05, 4.69) is 52.8 Å². The average Bonchev–Trinajstić information content (AvgIpc) is 2.19. The standard InChI is InChI=1S/C17H32/c1-6-7-8-9-10-11-12-13-14-16(2)15-17(3,4)5/h12-14H,6-11,15H2,1-5H3. The summed E-state index contributed by atoms with van der Waals surface area (Å²) in [6.07, 6.45) is 16.1. The first-order valence-corrected chi connectivity index (χ1v) is 7.28. The van der Waals surface area contributed by atoms with E-state index in [9.17, 15) is 0 Å². The summed E-state index contributed by atoms with van der Waals surface area (Å²) in [5.41, 5.74) is 1.90. The molecule has 0 unspecified atom stereocenters.